The first-order valence-corrected chi connectivity index (χ1v) is 16.5. The summed E-state index contributed by atoms with van der Waals surface area (Å²) in [6, 6.07) is 10.6. The summed E-state index contributed by atoms with van der Waals surface area (Å²) in [6.07, 6.45) is -2.74. The molecule has 0 aliphatic carbocycles. The number of piperazine rings is 1. The molecule has 4 aliphatic heterocycles. The zero-order chi connectivity index (χ0) is 34.0. The van der Waals surface area contributed by atoms with Crippen LogP contribution in [0.3, 0.4) is 0 Å². The van der Waals surface area contributed by atoms with Crippen molar-refractivity contribution in [2.24, 2.45) is 5.14 Å². The summed E-state index contributed by atoms with van der Waals surface area (Å²) < 4.78 is 78.4. The molecule has 14 nitrogen and oxygen atoms in total. The van der Waals surface area contributed by atoms with Crippen LogP contribution >= 0.6 is 0 Å². The van der Waals surface area contributed by atoms with E-state index in [9.17, 15) is 26.8 Å². The van der Waals surface area contributed by atoms with E-state index in [0.29, 0.717) is 33.9 Å². The van der Waals surface area contributed by atoms with Crippen molar-refractivity contribution in [3.05, 3.63) is 71.0 Å². The van der Waals surface area contributed by atoms with E-state index in [0.717, 1.165) is 4.31 Å². The quantitative estimate of drug-likeness (QED) is 0.392. The third kappa shape index (κ3) is 5.71. The van der Waals surface area contributed by atoms with Crippen LogP contribution in [0.15, 0.2) is 48.7 Å². The number of aromatic nitrogens is 1. The average molecular weight is 688 g/mol. The number of rotatable bonds is 6. The van der Waals surface area contributed by atoms with Crippen LogP contribution in [-0.2, 0) is 20.4 Å². The molecule has 5 heterocycles. The molecule has 0 bridgehead atoms. The molecule has 254 valence electrons. The highest BCUT2D eigenvalue weighted by Crippen LogP contribution is 2.50. The molecule has 17 heteroatoms. The number of pyridine rings is 1. The second-order valence-electron chi connectivity index (χ2n) is 12.1. The lowest BCUT2D eigenvalue weighted by Gasteiger charge is -2.34. The van der Waals surface area contributed by atoms with Crippen molar-refractivity contribution in [1.82, 2.24) is 19.5 Å². The van der Waals surface area contributed by atoms with Gasteiger partial charge in [-0.25, -0.2) is 5.14 Å². The molecule has 1 aromatic heterocycles. The van der Waals surface area contributed by atoms with Crippen molar-refractivity contribution in [3.63, 3.8) is 0 Å². The van der Waals surface area contributed by atoms with Crippen molar-refractivity contribution in [3.8, 4) is 28.7 Å². The summed E-state index contributed by atoms with van der Waals surface area (Å²) in [5, 5.41) is 8.30. The van der Waals surface area contributed by atoms with E-state index in [4.69, 9.17) is 19.3 Å². The van der Waals surface area contributed by atoms with Gasteiger partial charge in [-0.1, -0.05) is 0 Å². The highest BCUT2D eigenvalue weighted by atomic mass is 32.2. The highest BCUT2D eigenvalue weighted by Gasteiger charge is 2.49. The van der Waals surface area contributed by atoms with E-state index in [1.54, 1.807) is 37.3 Å². The van der Waals surface area contributed by atoms with Crippen LogP contribution in [0, 0.1) is 0 Å². The minimum Gasteiger partial charge on any atom is -0.497 e. The zero-order valence-corrected chi connectivity index (χ0v) is 26.6. The van der Waals surface area contributed by atoms with Crippen molar-refractivity contribution in [2.45, 2.75) is 37.2 Å². The van der Waals surface area contributed by atoms with E-state index in [-0.39, 0.29) is 62.4 Å². The molecule has 0 saturated carbocycles. The van der Waals surface area contributed by atoms with Gasteiger partial charge in [0.05, 0.1) is 24.4 Å². The molecule has 2 amide bonds. The Morgan fingerprint density at radius 3 is 2.42 bits per heavy atom. The van der Waals surface area contributed by atoms with Crippen LogP contribution in [-0.4, -0.2) is 80.6 Å². The second-order valence-corrected chi connectivity index (χ2v) is 13.6. The summed E-state index contributed by atoms with van der Waals surface area (Å²) in [6.45, 7) is 2.19. The fourth-order valence-electron chi connectivity index (χ4n) is 6.28. The van der Waals surface area contributed by atoms with Gasteiger partial charge in [0.25, 0.3) is 16.1 Å². The Morgan fingerprint density at radius 1 is 1.02 bits per heavy atom. The normalized spacial score (nSPS) is 24.1. The maximum absolute atomic E-state index is 14.0. The van der Waals surface area contributed by atoms with E-state index < -0.39 is 40.0 Å². The first-order valence-electron chi connectivity index (χ1n) is 15.0. The number of halogens is 2. The molecule has 0 spiro atoms. The SMILES string of the molecule is COc1ccc2c(c1)O[C@@H](c1ccc(C(=O)N3CCN(S(N)(=O)=O)CC3)cn1)C[C@H]2NC(=O)[C@@]1(C)COc2cc3c(cc21)OC(F)(F)O3. The number of carbonyl (C=O) groups is 2. The number of methoxy groups -OCH3 is 1. The van der Waals surface area contributed by atoms with Gasteiger partial charge in [-0.15, -0.1) is 8.78 Å². The molecule has 2 aromatic carbocycles. The molecule has 3 aromatic rings. The Morgan fingerprint density at radius 2 is 1.75 bits per heavy atom. The summed E-state index contributed by atoms with van der Waals surface area (Å²) >= 11 is 0. The lowest BCUT2D eigenvalue weighted by Crippen LogP contribution is -2.52. The molecule has 0 unspecified atom stereocenters. The minimum absolute atomic E-state index is 0.0380. The molecular formula is C31H31F2N5O9S. The van der Waals surface area contributed by atoms with Crippen LogP contribution in [0.4, 0.5) is 8.78 Å². The number of hydrogen-bond acceptors (Lipinski definition) is 10. The Bertz CT molecular complexity index is 1900. The zero-order valence-electron chi connectivity index (χ0n) is 25.8. The molecule has 0 radical (unpaired) electrons. The van der Waals surface area contributed by atoms with Crippen molar-refractivity contribution in [1.29, 1.82) is 0 Å². The predicted octanol–water partition coefficient (Wildman–Crippen LogP) is 2.40. The van der Waals surface area contributed by atoms with Gasteiger partial charge in [0.2, 0.25) is 5.91 Å². The Labute approximate surface area is 273 Å². The van der Waals surface area contributed by atoms with Crippen molar-refractivity contribution >= 4 is 22.0 Å². The number of carbonyl (C=O) groups excluding carboxylic acids is 2. The highest BCUT2D eigenvalue weighted by molar-refractivity contribution is 7.86. The van der Waals surface area contributed by atoms with Gasteiger partial charge in [0.1, 0.15) is 35.4 Å². The number of hydrogen-bond donors (Lipinski definition) is 2. The number of nitrogens with two attached hydrogens (primary N) is 1. The number of ether oxygens (including phenoxy) is 5. The number of nitrogens with one attached hydrogen (secondary N) is 1. The summed E-state index contributed by atoms with van der Waals surface area (Å²) in [5.74, 6) is 0.169. The van der Waals surface area contributed by atoms with Gasteiger partial charge in [-0.2, -0.15) is 12.7 Å². The Balaban J connectivity index is 1.10. The van der Waals surface area contributed by atoms with Gasteiger partial charge in [-0.05, 0) is 37.3 Å². The van der Waals surface area contributed by atoms with E-state index >= 15 is 0 Å². The van der Waals surface area contributed by atoms with Crippen LogP contribution < -0.4 is 34.1 Å². The summed E-state index contributed by atoms with van der Waals surface area (Å²) in [7, 11) is -2.31. The summed E-state index contributed by atoms with van der Waals surface area (Å²) in [5.41, 5.74) is 0.654. The molecule has 3 atom stereocenters. The minimum atomic E-state index is -3.83. The number of nitrogens with zero attached hydrogens (tertiary/aromatic N) is 3. The maximum Gasteiger partial charge on any atom is 0.586 e. The third-order valence-electron chi connectivity index (χ3n) is 8.98. The topological polar surface area (TPSA) is 172 Å². The average Bonchev–Trinajstić information content (AvgIpc) is 3.56. The molecular weight excluding hydrogens is 656 g/mol. The molecule has 1 saturated heterocycles. The Hall–Kier alpha value is -4.74. The third-order valence-corrected chi connectivity index (χ3v) is 10.1. The van der Waals surface area contributed by atoms with Crippen LogP contribution in [0.1, 0.15) is 52.7 Å². The molecule has 1 fully saturated rings. The summed E-state index contributed by atoms with van der Waals surface area (Å²) in [4.78, 5) is 33.1. The fraction of sp³-hybridized carbons (Fsp3) is 0.387. The van der Waals surface area contributed by atoms with Crippen molar-refractivity contribution < 1.29 is 50.5 Å². The first-order chi connectivity index (χ1) is 22.7. The smallest absolute Gasteiger partial charge is 0.497 e. The Kier molecular flexibility index (Phi) is 7.60. The van der Waals surface area contributed by atoms with Gasteiger partial charge >= 0.3 is 6.29 Å². The molecule has 48 heavy (non-hydrogen) atoms. The monoisotopic (exact) mass is 687 g/mol. The number of fused-ring (bicyclic) bond motifs is 3. The van der Waals surface area contributed by atoms with Crippen LogP contribution in [0.5, 0.6) is 28.7 Å². The predicted molar refractivity (Wildman–Crippen MR) is 162 cm³/mol. The number of benzene rings is 2. The largest absolute Gasteiger partial charge is 0.586 e. The van der Waals surface area contributed by atoms with Crippen LogP contribution in [0.25, 0.3) is 0 Å². The molecule has 4 aliphatic rings. The van der Waals surface area contributed by atoms with E-state index in [1.807, 2.05) is 0 Å². The van der Waals surface area contributed by atoms with Gasteiger partial charge < -0.3 is 33.9 Å². The van der Waals surface area contributed by atoms with Crippen LogP contribution in [0.2, 0.25) is 0 Å². The maximum atomic E-state index is 14.0. The van der Waals surface area contributed by atoms with E-state index in [2.05, 4.69) is 19.8 Å². The van der Waals surface area contributed by atoms with E-state index in [1.165, 1.54) is 30.3 Å². The molecule has 7 rings (SSSR count). The van der Waals surface area contributed by atoms with Gasteiger partial charge in [0.15, 0.2) is 11.5 Å². The second kappa shape index (κ2) is 11.5. The lowest BCUT2D eigenvalue weighted by atomic mass is 9.82. The number of alkyl halides is 2. The fourth-order valence-corrected chi connectivity index (χ4v) is 6.95. The lowest BCUT2D eigenvalue weighted by molar-refractivity contribution is -0.286. The van der Waals surface area contributed by atoms with Gasteiger partial charge in [-0.3, -0.25) is 14.6 Å². The number of amides is 2. The van der Waals surface area contributed by atoms with Gasteiger partial charge in [0, 0.05) is 62.1 Å². The standard InChI is InChI=1S/C31H31F2N5O9S/c1-30(16-44-24-14-27-26(12-20(24)30)46-31(32,33)47-27)29(40)36-22-13-25(45-23-11-18(43-2)4-5-19(22)23)21-6-3-17(15-35-21)28(39)37-7-9-38(10-8-37)48(34,41)42/h3-6,11-12,14-15,22,25H,7-10,13,16H2,1-2H3,(H,36,40)(H2,34,41,42)/t22-,25-,30+/m1/s1. The van der Waals surface area contributed by atoms with Crippen molar-refractivity contribution in [2.75, 3.05) is 39.9 Å². The first kappa shape index (κ1) is 31.8. The molecule has 3 N–H and O–H groups in total.